The van der Waals surface area contributed by atoms with E-state index in [1.807, 2.05) is 23.1 Å². The van der Waals surface area contributed by atoms with E-state index in [1.54, 1.807) is 17.0 Å². The Morgan fingerprint density at radius 1 is 1.00 bits per heavy atom. The van der Waals surface area contributed by atoms with E-state index in [9.17, 15) is 9.59 Å². The number of amides is 2. The van der Waals surface area contributed by atoms with Crippen molar-refractivity contribution in [1.82, 2.24) is 15.1 Å². The van der Waals surface area contributed by atoms with Gasteiger partial charge in [0.1, 0.15) is 0 Å². The molecule has 8 heteroatoms. The first-order valence-corrected chi connectivity index (χ1v) is 11.6. The molecule has 1 aliphatic rings. The van der Waals surface area contributed by atoms with Gasteiger partial charge in [0.15, 0.2) is 11.5 Å². The van der Waals surface area contributed by atoms with Gasteiger partial charge in [-0.15, -0.1) is 0 Å². The predicted molar refractivity (Wildman–Crippen MR) is 131 cm³/mol. The largest absolute Gasteiger partial charge is 0.493 e. The zero-order valence-electron chi connectivity index (χ0n) is 20.5. The van der Waals surface area contributed by atoms with E-state index >= 15 is 0 Å². The smallest absolute Gasteiger partial charge is 0.254 e. The van der Waals surface area contributed by atoms with Crippen LogP contribution in [-0.2, 0) is 4.79 Å². The van der Waals surface area contributed by atoms with Crippen molar-refractivity contribution in [3.63, 3.8) is 0 Å². The molecule has 1 heterocycles. The molecule has 2 aromatic carbocycles. The number of ether oxygens (including phenoxy) is 3. The van der Waals surface area contributed by atoms with Gasteiger partial charge in [0, 0.05) is 51.3 Å². The quantitative estimate of drug-likeness (QED) is 0.577. The molecule has 1 saturated heterocycles. The third-order valence-corrected chi connectivity index (χ3v) is 6.13. The van der Waals surface area contributed by atoms with Crippen LogP contribution in [0.5, 0.6) is 17.2 Å². The summed E-state index contributed by atoms with van der Waals surface area (Å²) in [4.78, 5) is 30.1. The molecule has 1 atom stereocenters. The third kappa shape index (κ3) is 6.20. The van der Waals surface area contributed by atoms with Crippen molar-refractivity contribution in [3.05, 3.63) is 53.6 Å². The molecule has 3 rings (SSSR count). The molecule has 0 aromatic heterocycles. The van der Waals surface area contributed by atoms with E-state index in [4.69, 9.17) is 14.2 Å². The highest BCUT2D eigenvalue weighted by Crippen LogP contribution is 2.38. The predicted octanol–water partition coefficient (Wildman–Crippen LogP) is 2.78. The highest BCUT2D eigenvalue weighted by molar-refractivity contribution is 5.96. The number of rotatable bonds is 10. The lowest BCUT2D eigenvalue weighted by molar-refractivity contribution is -0.131. The number of hydrogen-bond acceptors (Lipinski definition) is 6. The molecule has 0 unspecified atom stereocenters. The summed E-state index contributed by atoms with van der Waals surface area (Å²) >= 11 is 0. The van der Waals surface area contributed by atoms with Crippen LogP contribution in [0.15, 0.2) is 42.5 Å². The Morgan fingerprint density at radius 2 is 1.62 bits per heavy atom. The van der Waals surface area contributed by atoms with Crippen molar-refractivity contribution in [1.29, 1.82) is 0 Å². The summed E-state index contributed by atoms with van der Waals surface area (Å²) < 4.78 is 16.3. The van der Waals surface area contributed by atoms with Crippen LogP contribution in [0.2, 0.25) is 0 Å². The summed E-state index contributed by atoms with van der Waals surface area (Å²) in [6, 6.07) is 13.4. The molecule has 1 N–H and O–H groups in total. The van der Waals surface area contributed by atoms with Crippen LogP contribution < -0.4 is 19.5 Å². The standard InChI is InChI=1S/C26H35N3O5/c1-19(20-8-6-5-7-9-20)18-29(13-10-24(30)28-14-11-27-12-15-28)26(31)21-16-22(32-2)25(34-4)23(17-21)33-3/h5-9,16-17,19,27H,10-15,18H2,1-4H3/t19-/m0/s1. The third-order valence-electron chi connectivity index (χ3n) is 6.13. The molecular weight excluding hydrogens is 434 g/mol. The number of nitrogens with zero attached hydrogens (tertiary/aromatic N) is 2. The SMILES string of the molecule is COc1cc(C(=O)N(CCC(=O)N2CCNCC2)C[C@H](C)c2ccccc2)cc(OC)c1OC. The van der Waals surface area contributed by atoms with Crippen molar-refractivity contribution in [2.75, 3.05) is 60.6 Å². The van der Waals surface area contributed by atoms with Gasteiger partial charge in [0.05, 0.1) is 21.3 Å². The minimum atomic E-state index is -0.185. The van der Waals surface area contributed by atoms with Gasteiger partial charge in [0.2, 0.25) is 11.7 Å². The molecule has 0 saturated carbocycles. The number of hydrogen-bond donors (Lipinski definition) is 1. The Hall–Kier alpha value is -3.26. The molecule has 0 aliphatic carbocycles. The molecule has 1 fully saturated rings. The van der Waals surface area contributed by atoms with Gasteiger partial charge in [-0.2, -0.15) is 0 Å². The first kappa shape index (κ1) is 25.4. The molecular formula is C26H35N3O5. The van der Waals surface area contributed by atoms with Crippen molar-refractivity contribution in [2.24, 2.45) is 0 Å². The van der Waals surface area contributed by atoms with Gasteiger partial charge in [-0.25, -0.2) is 0 Å². The monoisotopic (exact) mass is 469 g/mol. The van der Waals surface area contributed by atoms with Crippen molar-refractivity contribution < 1.29 is 23.8 Å². The fourth-order valence-electron chi connectivity index (χ4n) is 4.18. The van der Waals surface area contributed by atoms with E-state index in [0.29, 0.717) is 49.0 Å². The Balaban J connectivity index is 1.84. The van der Waals surface area contributed by atoms with Gasteiger partial charge >= 0.3 is 0 Å². The molecule has 2 amide bonds. The first-order valence-electron chi connectivity index (χ1n) is 11.6. The summed E-state index contributed by atoms with van der Waals surface area (Å²) in [5.74, 6) is 1.24. The van der Waals surface area contributed by atoms with Gasteiger partial charge in [-0.3, -0.25) is 9.59 Å². The van der Waals surface area contributed by atoms with Crippen LogP contribution in [0.3, 0.4) is 0 Å². The van der Waals surface area contributed by atoms with E-state index in [1.165, 1.54) is 21.3 Å². The van der Waals surface area contributed by atoms with E-state index in [2.05, 4.69) is 24.4 Å². The average Bonchev–Trinajstić information content (AvgIpc) is 2.90. The average molecular weight is 470 g/mol. The lowest BCUT2D eigenvalue weighted by Crippen LogP contribution is -2.47. The summed E-state index contributed by atoms with van der Waals surface area (Å²) in [5.41, 5.74) is 1.56. The number of methoxy groups -OCH3 is 3. The van der Waals surface area contributed by atoms with Crippen LogP contribution in [-0.4, -0.2) is 82.2 Å². The second kappa shape index (κ2) is 12.3. The maximum Gasteiger partial charge on any atom is 0.254 e. The van der Waals surface area contributed by atoms with E-state index in [0.717, 1.165) is 18.7 Å². The van der Waals surface area contributed by atoms with Crippen molar-refractivity contribution >= 4 is 11.8 Å². The fraction of sp³-hybridized carbons (Fsp3) is 0.462. The van der Waals surface area contributed by atoms with E-state index in [-0.39, 0.29) is 24.2 Å². The second-order valence-electron chi connectivity index (χ2n) is 8.36. The normalized spacial score (nSPS) is 14.3. The van der Waals surface area contributed by atoms with Crippen LogP contribution >= 0.6 is 0 Å². The number of carbonyl (C=O) groups excluding carboxylic acids is 2. The fourth-order valence-corrected chi connectivity index (χ4v) is 4.18. The zero-order chi connectivity index (χ0) is 24.5. The maximum atomic E-state index is 13.7. The second-order valence-corrected chi connectivity index (χ2v) is 8.36. The Kier molecular flexibility index (Phi) is 9.16. The highest BCUT2D eigenvalue weighted by atomic mass is 16.5. The molecule has 0 spiro atoms. The molecule has 1 aliphatic heterocycles. The molecule has 0 bridgehead atoms. The lowest BCUT2D eigenvalue weighted by atomic mass is 10.00. The zero-order valence-corrected chi connectivity index (χ0v) is 20.5. The first-order chi connectivity index (χ1) is 16.5. The molecule has 34 heavy (non-hydrogen) atoms. The van der Waals surface area contributed by atoms with E-state index < -0.39 is 0 Å². The lowest BCUT2D eigenvalue weighted by Gasteiger charge is -2.30. The molecule has 2 aromatic rings. The number of carbonyl (C=O) groups is 2. The van der Waals surface area contributed by atoms with Crippen LogP contribution in [0.1, 0.15) is 35.2 Å². The number of piperazine rings is 1. The number of benzene rings is 2. The topological polar surface area (TPSA) is 80.3 Å². The van der Waals surface area contributed by atoms with Crippen molar-refractivity contribution in [2.45, 2.75) is 19.3 Å². The van der Waals surface area contributed by atoms with Gasteiger partial charge in [-0.05, 0) is 23.6 Å². The summed E-state index contributed by atoms with van der Waals surface area (Å²) in [7, 11) is 4.57. The van der Waals surface area contributed by atoms with Crippen molar-refractivity contribution in [3.8, 4) is 17.2 Å². The number of nitrogens with one attached hydrogen (secondary N) is 1. The Morgan fingerprint density at radius 3 is 2.18 bits per heavy atom. The Bertz CT molecular complexity index is 935. The van der Waals surface area contributed by atoms with Gasteiger partial charge < -0.3 is 29.3 Å². The summed E-state index contributed by atoms with van der Waals surface area (Å²) in [5, 5.41) is 3.26. The molecule has 8 nitrogen and oxygen atoms in total. The maximum absolute atomic E-state index is 13.7. The molecule has 184 valence electrons. The summed E-state index contributed by atoms with van der Waals surface area (Å²) in [6.07, 6.45) is 0.275. The minimum absolute atomic E-state index is 0.0663. The summed E-state index contributed by atoms with van der Waals surface area (Å²) in [6.45, 7) is 5.88. The van der Waals surface area contributed by atoms with Gasteiger partial charge in [-0.1, -0.05) is 37.3 Å². The highest BCUT2D eigenvalue weighted by Gasteiger charge is 2.25. The molecule has 0 radical (unpaired) electrons. The Labute approximate surface area is 201 Å². The van der Waals surface area contributed by atoms with Crippen LogP contribution in [0, 0.1) is 0 Å². The van der Waals surface area contributed by atoms with Crippen LogP contribution in [0.4, 0.5) is 0 Å². The van der Waals surface area contributed by atoms with Gasteiger partial charge in [0.25, 0.3) is 5.91 Å². The van der Waals surface area contributed by atoms with Crippen LogP contribution in [0.25, 0.3) is 0 Å². The minimum Gasteiger partial charge on any atom is -0.493 e.